The quantitative estimate of drug-likeness (QED) is 0.586. The minimum Gasteiger partial charge on any atom is -0.287 e. The van der Waals surface area contributed by atoms with Crippen molar-refractivity contribution < 1.29 is 0 Å². The Balaban J connectivity index is 1.84. The van der Waals surface area contributed by atoms with Gasteiger partial charge in [-0.2, -0.15) is 0 Å². The molecule has 3 heteroatoms. The maximum atomic E-state index is 6.28. The van der Waals surface area contributed by atoms with Gasteiger partial charge in [0.15, 0.2) is 0 Å². The molecule has 88 valence electrons. The Kier molecular flexibility index (Phi) is 4.51. The predicted molar refractivity (Wildman–Crippen MR) is 70.2 cm³/mol. The summed E-state index contributed by atoms with van der Waals surface area (Å²) in [7, 11) is 0. The van der Waals surface area contributed by atoms with Gasteiger partial charge in [0.25, 0.3) is 0 Å². The Morgan fingerprint density at radius 1 is 1.19 bits per heavy atom. The molecule has 0 amide bonds. The molecule has 1 saturated heterocycles. The summed E-state index contributed by atoms with van der Waals surface area (Å²) in [5.74, 6) is 0. The Hall–Kier alpha value is -0.240. The van der Waals surface area contributed by atoms with Gasteiger partial charge in [-0.3, -0.25) is 4.90 Å². The van der Waals surface area contributed by atoms with Crippen LogP contribution in [0.5, 0.6) is 0 Å². The molecular formula is C13H17Cl2N. The van der Waals surface area contributed by atoms with Crippen LogP contribution >= 0.6 is 23.2 Å². The molecular weight excluding hydrogens is 241 g/mol. The van der Waals surface area contributed by atoms with Crippen LogP contribution in [0.15, 0.2) is 24.3 Å². The third-order valence-corrected chi connectivity index (χ3v) is 3.88. The topological polar surface area (TPSA) is 3.24 Å². The summed E-state index contributed by atoms with van der Waals surface area (Å²) < 4.78 is 0. The third kappa shape index (κ3) is 3.38. The van der Waals surface area contributed by atoms with Gasteiger partial charge >= 0.3 is 0 Å². The van der Waals surface area contributed by atoms with Gasteiger partial charge in [-0.25, -0.2) is 0 Å². The van der Waals surface area contributed by atoms with Crippen LogP contribution in [0.2, 0.25) is 5.02 Å². The van der Waals surface area contributed by atoms with Gasteiger partial charge < -0.3 is 0 Å². The first kappa shape index (κ1) is 12.2. The third-order valence-electron chi connectivity index (χ3n) is 3.13. The molecule has 0 saturated carbocycles. The fourth-order valence-electron chi connectivity index (χ4n) is 2.13. The summed E-state index contributed by atoms with van der Waals surface area (Å²) in [6.07, 6.45) is 4.73. The number of likely N-dealkylation sites (tertiary alicyclic amines) is 1. The van der Waals surface area contributed by atoms with E-state index in [9.17, 15) is 0 Å². The number of benzene rings is 1. The molecule has 0 N–H and O–H groups in total. The monoisotopic (exact) mass is 257 g/mol. The molecule has 0 bridgehead atoms. The van der Waals surface area contributed by atoms with Crippen LogP contribution in [-0.4, -0.2) is 23.5 Å². The molecule has 1 heterocycles. The summed E-state index contributed by atoms with van der Waals surface area (Å²) in [4.78, 5) is 2.37. The van der Waals surface area contributed by atoms with Gasteiger partial charge in [0, 0.05) is 11.6 Å². The van der Waals surface area contributed by atoms with Gasteiger partial charge in [0.1, 0.15) is 0 Å². The second-order valence-corrected chi connectivity index (χ2v) is 5.28. The lowest BCUT2D eigenvalue weighted by molar-refractivity contribution is 0.204. The molecule has 0 aromatic heterocycles. The predicted octanol–water partition coefficient (Wildman–Crippen LogP) is 3.93. The lowest BCUT2D eigenvalue weighted by Gasteiger charge is -2.31. The first-order chi connectivity index (χ1) is 7.75. The molecule has 1 aromatic carbocycles. The number of halogens is 2. The van der Waals surface area contributed by atoms with E-state index in [4.69, 9.17) is 23.2 Å². The molecule has 1 unspecified atom stereocenters. The van der Waals surface area contributed by atoms with E-state index in [2.05, 4.69) is 17.0 Å². The van der Waals surface area contributed by atoms with E-state index in [-0.39, 0.29) is 5.50 Å². The molecule has 0 spiro atoms. The number of nitrogens with zero attached hydrogens (tertiary/aromatic N) is 1. The average molecular weight is 258 g/mol. The van der Waals surface area contributed by atoms with Crippen molar-refractivity contribution in [2.24, 2.45) is 0 Å². The van der Waals surface area contributed by atoms with Gasteiger partial charge in [0.05, 0.1) is 5.50 Å². The van der Waals surface area contributed by atoms with Gasteiger partial charge in [0.2, 0.25) is 0 Å². The van der Waals surface area contributed by atoms with E-state index in [0.717, 1.165) is 31.0 Å². The van der Waals surface area contributed by atoms with Crippen molar-refractivity contribution in [3.05, 3.63) is 34.9 Å². The summed E-state index contributed by atoms with van der Waals surface area (Å²) in [6.45, 7) is 2.19. The van der Waals surface area contributed by atoms with Crippen molar-refractivity contribution in [3.63, 3.8) is 0 Å². The Labute approximate surface area is 107 Å². The molecule has 1 aliphatic heterocycles. The van der Waals surface area contributed by atoms with E-state index in [1.807, 2.05) is 12.1 Å². The number of rotatable bonds is 3. The second-order valence-electron chi connectivity index (χ2n) is 4.34. The highest BCUT2D eigenvalue weighted by Crippen LogP contribution is 2.20. The first-order valence-corrected chi connectivity index (χ1v) is 6.70. The zero-order valence-corrected chi connectivity index (χ0v) is 10.8. The van der Waals surface area contributed by atoms with Crippen LogP contribution in [0.25, 0.3) is 0 Å². The van der Waals surface area contributed by atoms with Crippen molar-refractivity contribution in [2.45, 2.75) is 31.2 Å². The van der Waals surface area contributed by atoms with Gasteiger partial charge in [-0.1, -0.05) is 23.7 Å². The highest BCUT2D eigenvalue weighted by atomic mass is 35.5. The summed E-state index contributed by atoms with van der Waals surface area (Å²) >= 11 is 12.1. The van der Waals surface area contributed by atoms with Crippen LogP contribution in [0.3, 0.4) is 0 Å². The number of hydrogen-bond acceptors (Lipinski definition) is 1. The van der Waals surface area contributed by atoms with Gasteiger partial charge in [-0.15, -0.1) is 11.6 Å². The number of alkyl halides is 1. The normalized spacial score (nSPS) is 22.2. The zero-order valence-electron chi connectivity index (χ0n) is 9.33. The highest BCUT2D eigenvalue weighted by molar-refractivity contribution is 6.30. The zero-order chi connectivity index (χ0) is 11.4. The maximum absolute atomic E-state index is 6.28. The lowest BCUT2D eigenvalue weighted by atomic mass is 10.1. The maximum Gasteiger partial charge on any atom is 0.0850 e. The highest BCUT2D eigenvalue weighted by Gasteiger charge is 2.19. The minimum absolute atomic E-state index is 0.237. The number of hydrogen-bond donors (Lipinski definition) is 0. The molecule has 2 rings (SSSR count). The standard InChI is InChI=1S/C13H17Cl2N/c14-12-6-4-11(5-7-12)8-10-16-9-2-1-3-13(16)15/h4-7,13H,1-3,8-10H2. The summed E-state index contributed by atoms with van der Waals surface area (Å²) in [6, 6.07) is 8.08. The van der Waals surface area contributed by atoms with Crippen LogP contribution in [0.4, 0.5) is 0 Å². The van der Waals surface area contributed by atoms with Crippen molar-refractivity contribution in [1.29, 1.82) is 0 Å². The summed E-state index contributed by atoms with van der Waals surface area (Å²) in [5, 5.41) is 0.803. The minimum atomic E-state index is 0.237. The van der Waals surface area contributed by atoms with Gasteiger partial charge in [-0.05, 0) is 49.9 Å². The van der Waals surface area contributed by atoms with Crippen LogP contribution < -0.4 is 0 Å². The van der Waals surface area contributed by atoms with Crippen LogP contribution in [0.1, 0.15) is 24.8 Å². The fourth-order valence-corrected chi connectivity index (χ4v) is 2.60. The van der Waals surface area contributed by atoms with Crippen molar-refractivity contribution in [2.75, 3.05) is 13.1 Å². The van der Waals surface area contributed by atoms with E-state index >= 15 is 0 Å². The molecule has 1 aromatic rings. The lowest BCUT2D eigenvalue weighted by Crippen LogP contribution is -2.37. The van der Waals surface area contributed by atoms with Crippen LogP contribution in [-0.2, 0) is 6.42 Å². The number of piperidine rings is 1. The van der Waals surface area contributed by atoms with Crippen molar-refractivity contribution in [3.8, 4) is 0 Å². The molecule has 0 radical (unpaired) electrons. The Morgan fingerprint density at radius 3 is 2.62 bits per heavy atom. The summed E-state index contributed by atoms with van der Waals surface area (Å²) in [5.41, 5.74) is 1.57. The van der Waals surface area contributed by atoms with Crippen LogP contribution in [0, 0.1) is 0 Å². The SMILES string of the molecule is Clc1ccc(CCN2CCCCC2Cl)cc1. The second kappa shape index (κ2) is 5.90. The van der Waals surface area contributed by atoms with Crippen molar-refractivity contribution >= 4 is 23.2 Å². The largest absolute Gasteiger partial charge is 0.287 e. The molecule has 16 heavy (non-hydrogen) atoms. The Morgan fingerprint density at radius 2 is 1.94 bits per heavy atom. The first-order valence-electron chi connectivity index (χ1n) is 5.88. The average Bonchev–Trinajstić information content (AvgIpc) is 2.30. The van der Waals surface area contributed by atoms with E-state index in [0.29, 0.717) is 0 Å². The molecule has 1 aliphatic rings. The van der Waals surface area contributed by atoms with E-state index in [1.165, 1.54) is 18.4 Å². The molecule has 0 aliphatic carbocycles. The fraction of sp³-hybridized carbons (Fsp3) is 0.538. The molecule has 1 fully saturated rings. The molecule has 1 atom stereocenters. The smallest absolute Gasteiger partial charge is 0.0850 e. The van der Waals surface area contributed by atoms with Crippen molar-refractivity contribution in [1.82, 2.24) is 4.90 Å². The molecule has 1 nitrogen and oxygen atoms in total. The van der Waals surface area contributed by atoms with E-state index < -0.39 is 0 Å². The van der Waals surface area contributed by atoms with E-state index in [1.54, 1.807) is 0 Å². The Bertz CT molecular complexity index is 323.